The van der Waals surface area contributed by atoms with Crippen molar-refractivity contribution in [2.45, 2.75) is 13.1 Å². The largest absolute Gasteiger partial charge is 0.366 e. The van der Waals surface area contributed by atoms with E-state index in [4.69, 9.17) is 28.9 Å². The van der Waals surface area contributed by atoms with Gasteiger partial charge in [-0.1, -0.05) is 47.5 Å². The normalized spacial score (nSPS) is 10.5. The molecule has 20 heavy (non-hydrogen) atoms. The molecule has 0 heterocycles. The Morgan fingerprint density at radius 2 is 1.85 bits per heavy atom. The van der Waals surface area contributed by atoms with Gasteiger partial charge in [-0.3, -0.25) is 4.79 Å². The Hall–Kier alpha value is -1.55. The number of nitrogens with one attached hydrogen (secondary N) is 1. The Kier molecular flexibility index (Phi) is 5.01. The van der Waals surface area contributed by atoms with Crippen molar-refractivity contribution in [2.24, 2.45) is 5.73 Å². The Labute approximate surface area is 127 Å². The van der Waals surface area contributed by atoms with Gasteiger partial charge in [0.05, 0.1) is 10.0 Å². The van der Waals surface area contributed by atoms with Crippen molar-refractivity contribution in [3.8, 4) is 0 Å². The second kappa shape index (κ2) is 6.75. The molecule has 0 aliphatic carbocycles. The van der Waals surface area contributed by atoms with Gasteiger partial charge in [0.25, 0.3) is 0 Å². The maximum atomic E-state index is 11.1. The van der Waals surface area contributed by atoms with Crippen molar-refractivity contribution in [2.75, 3.05) is 0 Å². The smallest absolute Gasteiger partial charge is 0.248 e. The minimum Gasteiger partial charge on any atom is -0.366 e. The molecule has 0 radical (unpaired) electrons. The van der Waals surface area contributed by atoms with Crippen LogP contribution in [0.25, 0.3) is 0 Å². The van der Waals surface area contributed by atoms with Crippen molar-refractivity contribution < 1.29 is 4.79 Å². The summed E-state index contributed by atoms with van der Waals surface area (Å²) in [5.74, 6) is -0.426. The molecule has 0 aromatic heterocycles. The van der Waals surface area contributed by atoms with Gasteiger partial charge in [0.2, 0.25) is 5.91 Å². The van der Waals surface area contributed by atoms with Gasteiger partial charge in [0, 0.05) is 18.7 Å². The quantitative estimate of drug-likeness (QED) is 0.889. The average molecular weight is 309 g/mol. The van der Waals surface area contributed by atoms with E-state index in [1.165, 1.54) is 0 Å². The zero-order valence-corrected chi connectivity index (χ0v) is 12.2. The number of carbonyl (C=O) groups is 1. The van der Waals surface area contributed by atoms with Crippen LogP contribution in [-0.2, 0) is 13.1 Å². The van der Waals surface area contributed by atoms with Crippen LogP contribution in [-0.4, -0.2) is 5.91 Å². The number of hydrogen-bond donors (Lipinski definition) is 2. The molecule has 0 bridgehead atoms. The topological polar surface area (TPSA) is 55.1 Å². The number of carbonyl (C=O) groups excluding carboxylic acids is 1. The summed E-state index contributed by atoms with van der Waals surface area (Å²) >= 11 is 12.1. The molecule has 0 saturated heterocycles. The van der Waals surface area contributed by atoms with Crippen molar-refractivity contribution in [3.63, 3.8) is 0 Å². The summed E-state index contributed by atoms with van der Waals surface area (Å²) in [5, 5.41) is 4.36. The Morgan fingerprint density at radius 3 is 2.60 bits per heavy atom. The first-order valence-electron chi connectivity index (χ1n) is 6.10. The zero-order valence-electron chi connectivity index (χ0n) is 10.7. The highest BCUT2D eigenvalue weighted by Crippen LogP contribution is 2.25. The average Bonchev–Trinajstić information content (AvgIpc) is 2.44. The van der Waals surface area contributed by atoms with Gasteiger partial charge in [-0.25, -0.2) is 0 Å². The Balaban J connectivity index is 1.98. The fourth-order valence-electron chi connectivity index (χ4n) is 1.86. The summed E-state index contributed by atoms with van der Waals surface area (Å²) in [5.41, 5.74) is 7.67. The number of benzene rings is 2. The highest BCUT2D eigenvalue weighted by Gasteiger charge is 2.04. The maximum absolute atomic E-state index is 11.1. The molecule has 0 unspecified atom stereocenters. The highest BCUT2D eigenvalue weighted by atomic mass is 35.5. The van der Waals surface area contributed by atoms with Gasteiger partial charge in [-0.15, -0.1) is 0 Å². The van der Waals surface area contributed by atoms with Gasteiger partial charge < -0.3 is 11.1 Å². The molecule has 0 fully saturated rings. The second-order valence-corrected chi connectivity index (χ2v) is 5.17. The molecule has 0 aliphatic heterocycles. The molecule has 0 saturated carbocycles. The van der Waals surface area contributed by atoms with Crippen LogP contribution in [0.5, 0.6) is 0 Å². The molecule has 3 nitrogen and oxygen atoms in total. The molecular formula is C15H14Cl2N2O. The molecule has 2 rings (SSSR count). The number of amides is 1. The van der Waals surface area contributed by atoms with E-state index >= 15 is 0 Å². The van der Waals surface area contributed by atoms with Crippen molar-refractivity contribution in [3.05, 3.63) is 69.2 Å². The lowest BCUT2D eigenvalue weighted by molar-refractivity contribution is 0.1000. The number of primary amides is 1. The molecule has 2 aromatic carbocycles. The van der Waals surface area contributed by atoms with Crippen LogP contribution in [0, 0.1) is 0 Å². The molecule has 5 heteroatoms. The summed E-state index contributed by atoms with van der Waals surface area (Å²) in [7, 11) is 0. The second-order valence-electron chi connectivity index (χ2n) is 4.38. The molecular weight excluding hydrogens is 295 g/mol. The molecule has 1 amide bonds. The lowest BCUT2D eigenvalue weighted by Crippen LogP contribution is -2.15. The van der Waals surface area contributed by atoms with E-state index in [0.717, 1.165) is 11.1 Å². The minimum atomic E-state index is -0.426. The molecule has 0 atom stereocenters. The monoisotopic (exact) mass is 308 g/mol. The van der Waals surface area contributed by atoms with Crippen LogP contribution < -0.4 is 11.1 Å². The van der Waals surface area contributed by atoms with E-state index in [0.29, 0.717) is 28.7 Å². The first-order chi connectivity index (χ1) is 9.58. The summed E-state index contributed by atoms with van der Waals surface area (Å²) in [6, 6.07) is 12.7. The lowest BCUT2D eigenvalue weighted by atomic mass is 10.1. The van der Waals surface area contributed by atoms with Gasteiger partial charge in [0.1, 0.15) is 0 Å². The van der Waals surface area contributed by atoms with E-state index in [2.05, 4.69) is 5.32 Å². The molecule has 3 N–H and O–H groups in total. The number of hydrogen-bond acceptors (Lipinski definition) is 2. The van der Waals surface area contributed by atoms with E-state index in [9.17, 15) is 4.79 Å². The van der Waals surface area contributed by atoms with Crippen LogP contribution in [0.2, 0.25) is 10.0 Å². The van der Waals surface area contributed by atoms with Crippen molar-refractivity contribution in [1.29, 1.82) is 0 Å². The molecule has 0 spiro atoms. The highest BCUT2D eigenvalue weighted by molar-refractivity contribution is 6.42. The predicted octanol–water partition coefficient (Wildman–Crippen LogP) is 3.38. The lowest BCUT2D eigenvalue weighted by Gasteiger charge is -2.08. The van der Waals surface area contributed by atoms with Gasteiger partial charge >= 0.3 is 0 Å². The van der Waals surface area contributed by atoms with Crippen LogP contribution in [0.3, 0.4) is 0 Å². The fraction of sp³-hybridized carbons (Fsp3) is 0.133. The summed E-state index contributed by atoms with van der Waals surface area (Å²) in [6.45, 7) is 1.21. The van der Waals surface area contributed by atoms with Crippen molar-refractivity contribution in [1.82, 2.24) is 5.32 Å². The van der Waals surface area contributed by atoms with Gasteiger partial charge in [-0.05, 0) is 29.3 Å². The minimum absolute atomic E-state index is 0.426. The molecule has 2 aromatic rings. The maximum Gasteiger partial charge on any atom is 0.248 e. The number of nitrogens with two attached hydrogens (primary N) is 1. The van der Waals surface area contributed by atoms with Crippen molar-refractivity contribution >= 4 is 29.1 Å². The third-order valence-corrected chi connectivity index (χ3v) is 3.75. The number of rotatable bonds is 5. The summed E-state index contributed by atoms with van der Waals surface area (Å²) in [4.78, 5) is 11.1. The zero-order chi connectivity index (χ0) is 14.5. The molecule has 104 valence electrons. The fourth-order valence-corrected chi connectivity index (χ4v) is 2.25. The molecule has 0 aliphatic rings. The number of halogens is 2. The Morgan fingerprint density at radius 1 is 1.10 bits per heavy atom. The van der Waals surface area contributed by atoms with E-state index < -0.39 is 5.91 Å². The SMILES string of the molecule is NC(=O)c1cccc(CNCc2cccc(Cl)c2Cl)c1. The van der Waals surface area contributed by atoms with Crippen LogP contribution >= 0.6 is 23.2 Å². The predicted molar refractivity (Wildman–Crippen MR) is 82.0 cm³/mol. The summed E-state index contributed by atoms with van der Waals surface area (Å²) in [6.07, 6.45) is 0. The van der Waals surface area contributed by atoms with E-state index in [-0.39, 0.29) is 0 Å². The standard InChI is InChI=1S/C15H14Cl2N2O/c16-13-6-2-5-12(14(13)17)9-19-8-10-3-1-4-11(7-10)15(18)20/h1-7,19H,8-9H2,(H2,18,20). The van der Waals surface area contributed by atoms with Crippen LogP contribution in [0.15, 0.2) is 42.5 Å². The first-order valence-corrected chi connectivity index (χ1v) is 6.86. The van der Waals surface area contributed by atoms with Gasteiger partial charge in [-0.2, -0.15) is 0 Å². The van der Waals surface area contributed by atoms with Gasteiger partial charge in [0.15, 0.2) is 0 Å². The first kappa shape index (κ1) is 14.9. The van der Waals surface area contributed by atoms with Crippen LogP contribution in [0.4, 0.5) is 0 Å². The van der Waals surface area contributed by atoms with E-state index in [1.807, 2.05) is 24.3 Å². The Bertz CT molecular complexity index is 629. The van der Waals surface area contributed by atoms with Crippen LogP contribution in [0.1, 0.15) is 21.5 Å². The summed E-state index contributed by atoms with van der Waals surface area (Å²) < 4.78 is 0. The third-order valence-electron chi connectivity index (χ3n) is 2.89. The van der Waals surface area contributed by atoms with E-state index in [1.54, 1.807) is 18.2 Å². The third kappa shape index (κ3) is 3.73.